The minimum absolute atomic E-state index is 0.199. The highest BCUT2D eigenvalue weighted by atomic mass is 35.5. The van der Waals surface area contributed by atoms with Crippen molar-refractivity contribution in [2.75, 3.05) is 5.88 Å². The molecular formula is C22H20ClNO2. The summed E-state index contributed by atoms with van der Waals surface area (Å²) in [5, 5.41) is 0. The van der Waals surface area contributed by atoms with E-state index in [1.807, 2.05) is 91.0 Å². The fraction of sp³-hybridized carbons (Fsp3) is 0.136. The number of alkyl halides is 1. The molecule has 3 aromatic carbocycles. The monoisotopic (exact) mass is 365 g/mol. The first-order valence-corrected chi connectivity index (χ1v) is 8.90. The van der Waals surface area contributed by atoms with Crippen molar-refractivity contribution in [1.82, 2.24) is 0 Å². The van der Waals surface area contributed by atoms with Gasteiger partial charge in [0.05, 0.1) is 5.88 Å². The molecule has 26 heavy (non-hydrogen) atoms. The third-order valence-corrected chi connectivity index (χ3v) is 4.56. The molecule has 0 spiro atoms. The minimum Gasteiger partial charge on any atom is -0.336 e. The van der Waals surface area contributed by atoms with E-state index in [-0.39, 0.29) is 11.7 Å². The Hall–Kier alpha value is -2.46. The molecule has 1 unspecified atom stereocenters. The van der Waals surface area contributed by atoms with Gasteiger partial charge < -0.3 is 4.74 Å². The fourth-order valence-electron chi connectivity index (χ4n) is 3.05. The predicted molar refractivity (Wildman–Crippen MR) is 104 cm³/mol. The highest BCUT2D eigenvalue weighted by molar-refractivity contribution is 6.28. The van der Waals surface area contributed by atoms with Crippen molar-refractivity contribution < 1.29 is 9.53 Å². The summed E-state index contributed by atoms with van der Waals surface area (Å²) in [5.74, 6) is -0.561. The topological polar surface area (TPSA) is 52.3 Å². The van der Waals surface area contributed by atoms with Crippen LogP contribution in [0, 0.1) is 0 Å². The third kappa shape index (κ3) is 3.56. The molecule has 0 fully saturated rings. The summed E-state index contributed by atoms with van der Waals surface area (Å²) in [6.07, 6.45) is -1.15. The summed E-state index contributed by atoms with van der Waals surface area (Å²) in [4.78, 5) is 12.1. The largest absolute Gasteiger partial charge is 0.336 e. The maximum atomic E-state index is 12.1. The number of halogens is 1. The number of carbonyl (C=O) groups is 1. The molecule has 0 aromatic heterocycles. The molecule has 3 rings (SSSR count). The Morgan fingerprint density at radius 2 is 1.15 bits per heavy atom. The molecule has 0 saturated carbocycles. The quantitative estimate of drug-likeness (QED) is 0.390. The molecule has 0 bridgehead atoms. The number of carbonyl (C=O) groups excluding carboxylic acids is 1. The summed E-state index contributed by atoms with van der Waals surface area (Å²) < 4.78 is 6.29. The van der Waals surface area contributed by atoms with E-state index in [1.165, 1.54) is 0 Å². The van der Waals surface area contributed by atoms with Crippen molar-refractivity contribution in [3.05, 3.63) is 108 Å². The molecule has 0 amide bonds. The van der Waals surface area contributed by atoms with Gasteiger partial charge in [-0.2, -0.15) is 0 Å². The number of ketones is 1. The lowest BCUT2D eigenvalue weighted by molar-refractivity contribution is -0.135. The van der Waals surface area contributed by atoms with Crippen LogP contribution in [0.25, 0.3) is 0 Å². The number of rotatable bonds is 7. The van der Waals surface area contributed by atoms with Gasteiger partial charge in [0, 0.05) is 0 Å². The van der Waals surface area contributed by atoms with E-state index in [0.29, 0.717) is 0 Å². The second kappa shape index (κ2) is 8.28. The van der Waals surface area contributed by atoms with E-state index < -0.39 is 11.8 Å². The van der Waals surface area contributed by atoms with E-state index in [1.54, 1.807) is 0 Å². The first-order valence-electron chi connectivity index (χ1n) is 8.37. The summed E-state index contributed by atoms with van der Waals surface area (Å²) in [6, 6.07) is 29.3. The third-order valence-electron chi connectivity index (χ3n) is 4.29. The summed E-state index contributed by atoms with van der Waals surface area (Å²) >= 11 is 5.70. The number of Topliss-reactive ketones (excluding diaryl/α,β-unsaturated/α-hetero) is 1. The fourth-order valence-corrected chi connectivity index (χ4v) is 3.21. The van der Waals surface area contributed by atoms with Gasteiger partial charge in [0.1, 0.15) is 5.60 Å². The van der Waals surface area contributed by atoms with Crippen LogP contribution in [0.1, 0.15) is 16.7 Å². The first-order chi connectivity index (χ1) is 12.7. The summed E-state index contributed by atoms with van der Waals surface area (Å²) in [5.41, 5.74) is 7.70. The molecule has 1 atom stereocenters. The van der Waals surface area contributed by atoms with Gasteiger partial charge in [-0.05, 0) is 16.7 Å². The van der Waals surface area contributed by atoms with E-state index in [4.69, 9.17) is 22.1 Å². The van der Waals surface area contributed by atoms with Crippen molar-refractivity contribution in [3.63, 3.8) is 0 Å². The smallest absolute Gasteiger partial charge is 0.190 e. The van der Waals surface area contributed by atoms with E-state index in [2.05, 4.69) is 0 Å². The molecule has 0 aliphatic heterocycles. The number of nitrogens with two attached hydrogens (primary N) is 1. The van der Waals surface area contributed by atoms with Crippen LogP contribution in [0.5, 0.6) is 0 Å². The average molecular weight is 366 g/mol. The van der Waals surface area contributed by atoms with E-state index in [9.17, 15) is 4.79 Å². The first kappa shape index (κ1) is 18.3. The lowest BCUT2D eigenvalue weighted by Crippen LogP contribution is -2.44. The molecule has 0 aliphatic rings. The molecular weight excluding hydrogens is 346 g/mol. The van der Waals surface area contributed by atoms with Crippen LogP contribution < -0.4 is 5.73 Å². The minimum atomic E-state index is -1.15. The van der Waals surface area contributed by atoms with Crippen molar-refractivity contribution in [2.24, 2.45) is 5.73 Å². The highest BCUT2D eigenvalue weighted by Gasteiger charge is 2.40. The Bertz CT molecular complexity index is 741. The Morgan fingerprint density at radius 1 is 0.808 bits per heavy atom. The normalized spacial score (nSPS) is 12.5. The van der Waals surface area contributed by atoms with Crippen LogP contribution in [0.4, 0.5) is 0 Å². The Morgan fingerprint density at radius 3 is 1.46 bits per heavy atom. The van der Waals surface area contributed by atoms with Gasteiger partial charge >= 0.3 is 0 Å². The Balaban J connectivity index is 2.26. The standard InChI is InChI=1S/C22H20ClNO2/c23-16-20(25)21(24)26-22(17-10-4-1-5-11-17,18-12-6-2-7-13-18)19-14-8-3-9-15-19/h1-15,21H,16,24H2. The van der Waals surface area contributed by atoms with Gasteiger partial charge in [-0.15, -0.1) is 11.6 Å². The van der Waals surface area contributed by atoms with Crippen LogP contribution in [-0.2, 0) is 15.1 Å². The molecule has 3 aromatic rings. The Kier molecular flexibility index (Phi) is 5.84. The van der Waals surface area contributed by atoms with Gasteiger partial charge in [0.2, 0.25) is 0 Å². The van der Waals surface area contributed by atoms with Gasteiger partial charge in [-0.25, -0.2) is 0 Å². The van der Waals surface area contributed by atoms with Gasteiger partial charge in [-0.1, -0.05) is 91.0 Å². The van der Waals surface area contributed by atoms with Gasteiger partial charge in [0.15, 0.2) is 12.0 Å². The predicted octanol–water partition coefficient (Wildman–Crippen LogP) is 4.09. The zero-order chi connectivity index (χ0) is 18.4. The molecule has 0 saturated heterocycles. The summed E-state index contributed by atoms with van der Waals surface area (Å²) in [7, 11) is 0. The van der Waals surface area contributed by atoms with Crippen molar-refractivity contribution in [1.29, 1.82) is 0 Å². The second-order valence-corrected chi connectivity index (χ2v) is 6.18. The number of ether oxygens (including phenoxy) is 1. The zero-order valence-electron chi connectivity index (χ0n) is 14.2. The van der Waals surface area contributed by atoms with Crippen molar-refractivity contribution in [2.45, 2.75) is 11.8 Å². The highest BCUT2D eigenvalue weighted by Crippen LogP contribution is 2.40. The number of hydrogen-bond acceptors (Lipinski definition) is 3. The SMILES string of the molecule is NC(OC(c1ccccc1)(c1ccccc1)c1ccccc1)C(=O)CCl. The maximum absolute atomic E-state index is 12.1. The van der Waals surface area contributed by atoms with Crippen molar-refractivity contribution >= 4 is 17.4 Å². The van der Waals surface area contributed by atoms with Crippen LogP contribution in [0.15, 0.2) is 91.0 Å². The van der Waals surface area contributed by atoms with Crippen molar-refractivity contribution in [3.8, 4) is 0 Å². The van der Waals surface area contributed by atoms with Gasteiger partial charge in [0.25, 0.3) is 0 Å². The number of hydrogen-bond donors (Lipinski definition) is 1. The lowest BCUT2D eigenvalue weighted by Gasteiger charge is -2.37. The molecule has 3 nitrogen and oxygen atoms in total. The van der Waals surface area contributed by atoms with Gasteiger partial charge in [-0.3, -0.25) is 10.5 Å². The van der Waals surface area contributed by atoms with E-state index >= 15 is 0 Å². The Labute approximate surface area is 158 Å². The van der Waals surface area contributed by atoms with Crippen LogP contribution in [0.3, 0.4) is 0 Å². The van der Waals surface area contributed by atoms with Crippen LogP contribution in [0.2, 0.25) is 0 Å². The lowest BCUT2D eigenvalue weighted by atomic mass is 9.80. The maximum Gasteiger partial charge on any atom is 0.190 e. The molecule has 2 N–H and O–H groups in total. The number of benzene rings is 3. The molecule has 0 heterocycles. The summed E-state index contributed by atoms with van der Waals surface area (Å²) in [6.45, 7) is 0. The molecule has 0 aliphatic carbocycles. The average Bonchev–Trinajstić information content (AvgIpc) is 2.73. The molecule has 0 radical (unpaired) electrons. The van der Waals surface area contributed by atoms with Crippen LogP contribution in [-0.4, -0.2) is 17.9 Å². The zero-order valence-corrected chi connectivity index (χ0v) is 15.0. The second-order valence-electron chi connectivity index (χ2n) is 5.92. The molecule has 132 valence electrons. The molecule has 4 heteroatoms. The van der Waals surface area contributed by atoms with Crippen LogP contribution >= 0.6 is 11.6 Å². The van der Waals surface area contributed by atoms with E-state index in [0.717, 1.165) is 16.7 Å².